The van der Waals surface area contributed by atoms with Crippen LogP contribution in [0.5, 0.6) is 0 Å². The standard InChI is InChI=1S/C24H23FN4O4S2/c1-12(2)10-33-23(32)20-13(3)27-24(35-20)28-17(30)9-29-11-26-21-19(22(29)31)18(14(4)34-21)15-5-7-16(25)8-6-15/h5-8,11-12H,9-10H2,1-4H3,(H,27,28,30). The van der Waals surface area contributed by atoms with E-state index in [4.69, 9.17) is 4.74 Å². The number of carbonyl (C=O) groups excluding carboxylic acids is 2. The number of aromatic nitrogens is 3. The van der Waals surface area contributed by atoms with Gasteiger partial charge in [0.05, 0.1) is 24.0 Å². The van der Waals surface area contributed by atoms with E-state index in [1.165, 1.54) is 34.4 Å². The second kappa shape index (κ2) is 10.0. The molecule has 11 heteroatoms. The number of ether oxygens (including phenoxy) is 1. The Hall–Kier alpha value is -3.44. The maximum absolute atomic E-state index is 13.4. The molecule has 8 nitrogen and oxygen atoms in total. The molecule has 0 aliphatic rings. The highest BCUT2D eigenvalue weighted by molar-refractivity contribution is 7.19. The van der Waals surface area contributed by atoms with E-state index >= 15 is 0 Å². The summed E-state index contributed by atoms with van der Waals surface area (Å²) < 4.78 is 19.9. The Bertz CT molecular complexity index is 1470. The normalized spacial score (nSPS) is 11.3. The summed E-state index contributed by atoms with van der Waals surface area (Å²) in [6.45, 7) is 7.41. The van der Waals surface area contributed by atoms with Crippen LogP contribution in [-0.2, 0) is 16.1 Å². The summed E-state index contributed by atoms with van der Waals surface area (Å²) in [7, 11) is 0. The second-order valence-electron chi connectivity index (χ2n) is 8.37. The van der Waals surface area contributed by atoms with Gasteiger partial charge in [-0.25, -0.2) is 19.2 Å². The van der Waals surface area contributed by atoms with Gasteiger partial charge in [-0.1, -0.05) is 37.3 Å². The first-order valence-corrected chi connectivity index (χ1v) is 12.5. The number of amides is 1. The number of nitrogens with zero attached hydrogens (tertiary/aromatic N) is 3. The van der Waals surface area contributed by atoms with Gasteiger partial charge >= 0.3 is 5.97 Å². The number of halogens is 1. The molecule has 4 aromatic rings. The highest BCUT2D eigenvalue weighted by Gasteiger charge is 2.20. The van der Waals surface area contributed by atoms with E-state index in [1.54, 1.807) is 19.1 Å². The first kappa shape index (κ1) is 24.7. The largest absolute Gasteiger partial charge is 0.461 e. The topological polar surface area (TPSA) is 103 Å². The summed E-state index contributed by atoms with van der Waals surface area (Å²) >= 11 is 2.38. The fraction of sp³-hybridized carbons (Fsp3) is 0.292. The lowest BCUT2D eigenvalue weighted by molar-refractivity contribution is -0.116. The highest BCUT2D eigenvalue weighted by Crippen LogP contribution is 2.35. The summed E-state index contributed by atoms with van der Waals surface area (Å²) in [5.41, 5.74) is 1.46. The molecule has 0 radical (unpaired) electrons. The molecule has 0 saturated heterocycles. The van der Waals surface area contributed by atoms with E-state index in [9.17, 15) is 18.8 Å². The van der Waals surface area contributed by atoms with Gasteiger partial charge < -0.3 is 10.1 Å². The predicted octanol–water partition coefficient (Wildman–Crippen LogP) is 4.79. The molecule has 0 aliphatic heterocycles. The minimum Gasteiger partial charge on any atom is -0.461 e. The van der Waals surface area contributed by atoms with Gasteiger partial charge in [0.1, 0.15) is 22.1 Å². The molecule has 3 heterocycles. The van der Waals surface area contributed by atoms with Crippen molar-refractivity contribution in [2.45, 2.75) is 34.2 Å². The number of carbonyl (C=O) groups is 2. The Balaban J connectivity index is 1.56. The first-order valence-electron chi connectivity index (χ1n) is 10.8. The summed E-state index contributed by atoms with van der Waals surface area (Å²) in [6, 6.07) is 5.90. The number of nitrogens with one attached hydrogen (secondary N) is 1. The minimum absolute atomic E-state index is 0.200. The number of thiophene rings is 1. The Morgan fingerprint density at radius 2 is 1.89 bits per heavy atom. The molecule has 0 unspecified atom stereocenters. The van der Waals surface area contributed by atoms with Crippen LogP contribution < -0.4 is 10.9 Å². The van der Waals surface area contributed by atoms with Gasteiger partial charge in [0.15, 0.2) is 5.13 Å². The van der Waals surface area contributed by atoms with Crippen molar-refractivity contribution >= 4 is 49.9 Å². The van der Waals surface area contributed by atoms with Crippen molar-refractivity contribution in [1.82, 2.24) is 14.5 Å². The molecule has 0 bridgehead atoms. The van der Waals surface area contributed by atoms with Crippen LogP contribution in [0, 0.1) is 25.6 Å². The highest BCUT2D eigenvalue weighted by atomic mass is 32.1. The lowest BCUT2D eigenvalue weighted by atomic mass is 10.0. The molecule has 1 amide bonds. The van der Waals surface area contributed by atoms with Crippen molar-refractivity contribution in [1.29, 1.82) is 0 Å². The Labute approximate surface area is 208 Å². The van der Waals surface area contributed by atoms with Crippen molar-refractivity contribution in [3.8, 4) is 11.1 Å². The number of anilines is 1. The van der Waals surface area contributed by atoms with E-state index in [0.29, 0.717) is 31.9 Å². The van der Waals surface area contributed by atoms with Gasteiger partial charge in [-0.2, -0.15) is 0 Å². The SMILES string of the molecule is Cc1nc(NC(=O)Cn2cnc3sc(C)c(-c4ccc(F)cc4)c3c2=O)sc1C(=O)OCC(C)C. The van der Waals surface area contributed by atoms with Gasteiger partial charge in [-0.3, -0.25) is 14.2 Å². The molecule has 0 saturated carbocycles. The van der Waals surface area contributed by atoms with E-state index < -0.39 is 11.9 Å². The van der Waals surface area contributed by atoms with Crippen molar-refractivity contribution in [3.05, 3.63) is 62.2 Å². The number of aryl methyl sites for hydroxylation is 2. The minimum atomic E-state index is -0.487. The van der Waals surface area contributed by atoms with Gasteiger partial charge in [-0.05, 0) is 37.5 Å². The molecular weight excluding hydrogens is 491 g/mol. The summed E-state index contributed by atoms with van der Waals surface area (Å²) in [5, 5.41) is 3.26. The number of fused-ring (bicyclic) bond motifs is 1. The van der Waals surface area contributed by atoms with E-state index in [-0.39, 0.29) is 35.6 Å². The van der Waals surface area contributed by atoms with Crippen molar-refractivity contribution in [2.24, 2.45) is 5.92 Å². The third kappa shape index (κ3) is 5.30. The van der Waals surface area contributed by atoms with Crippen LogP contribution in [-0.4, -0.2) is 33.0 Å². The van der Waals surface area contributed by atoms with Crippen molar-refractivity contribution in [3.63, 3.8) is 0 Å². The number of rotatable bonds is 7. The van der Waals surface area contributed by atoms with Crippen LogP contribution >= 0.6 is 22.7 Å². The van der Waals surface area contributed by atoms with Crippen LogP contribution in [0.1, 0.15) is 34.1 Å². The zero-order valence-electron chi connectivity index (χ0n) is 19.5. The molecule has 1 N–H and O–H groups in total. The third-order valence-corrected chi connectivity index (χ3v) is 7.14. The summed E-state index contributed by atoms with van der Waals surface area (Å²) in [5.74, 6) is -1.14. The fourth-order valence-electron chi connectivity index (χ4n) is 3.47. The quantitative estimate of drug-likeness (QED) is 0.356. The lowest BCUT2D eigenvalue weighted by Gasteiger charge is -2.07. The Morgan fingerprint density at radius 1 is 1.17 bits per heavy atom. The van der Waals surface area contributed by atoms with Crippen LogP contribution in [0.2, 0.25) is 0 Å². The van der Waals surface area contributed by atoms with E-state index in [0.717, 1.165) is 16.2 Å². The summed E-state index contributed by atoms with van der Waals surface area (Å²) in [4.78, 5) is 48.5. The molecule has 3 aromatic heterocycles. The number of thiazole rings is 1. The Morgan fingerprint density at radius 3 is 2.57 bits per heavy atom. The fourth-order valence-corrected chi connectivity index (χ4v) is 5.35. The van der Waals surface area contributed by atoms with Crippen LogP contribution in [0.25, 0.3) is 21.3 Å². The maximum Gasteiger partial charge on any atom is 0.350 e. The molecule has 0 fully saturated rings. The zero-order valence-corrected chi connectivity index (χ0v) is 21.2. The monoisotopic (exact) mass is 514 g/mol. The number of hydrogen-bond donors (Lipinski definition) is 1. The summed E-state index contributed by atoms with van der Waals surface area (Å²) in [6.07, 6.45) is 1.33. The van der Waals surface area contributed by atoms with Gasteiger partial charge in [0, 0.05) is 10.4 Å². The van der Waals surface area contributed by atoms with Crippen LogP contribution in [0.3, 0.4) is 0 Å². The number of hydrogen-bond acceptors (Lipinski definition) is 8. The van der Waals surface area contributed by atoms with Gasteiger partial charge in [-0.15, -0.1) is 11.3 Å². The van der Waals surface area contributed by atoms with E-state index in [1.807, 2.05) is 20.8 Å². The maximum atomic E-state index is 13.4. The van der Waals surface area contributed by atoms with Gasteiger partial charge in [0.25, 0.3) is 5.56 Å². The molecule has 0 spiro atoms. The van der Waals surface area contributed by atoms with E-state index in [2.05, 4.69) is 15.3 Å². The molecule has 0 aliphatic carbocycles. The van der Waals surface area contributed by atoms with Crippen molar-refractivity contribution in [2.75, 3.05) is 11.9 Å². The molecular formula is C24H23FN4O4S2. The third-order valence-electron chi connectivity index (χ3n) is 5.08. The molecule has 1 aromatic carbocycles. The molecule has 35 heavy (non-hydrogen) atoms. The van der Waals surface area contributed by atoms with Gasteiger partial charge in [0.2, 0.25) is 5.91 Å². The zero-order chi connectivity index (χ0) is 25.3. The number of esters is 1. The molecule has 0 atom stereocenters. The predicted molar refractivity (Wildman–Crippen MR) is 135 cm³/mol. The van der Waals surface area contributed by atoms with Crippen LogP contribution in [0.4, 0.5) is 9.52 Å². The Kier molecular flexibility index (Phi) is 7.08. The second-order valence-corrected chi connectivity index (χ2v) is 10.6. The molecule has 182 valence electrons. The van der Waals surface area contributed by atoms with Crippen molar-refractivity contribution < 1.29 is 18.7 Å². The average Bonchev–Trinajstić information content (AvgIpc) is 3.33. The first-order chi connectivity index (χ1) is 16.6. The number of benzene rings is 1. The lowest BCUT2D eigenvalue weighted by Crippen LogP contribution is -2.27. The van der Waals surface area contributed by atoms with Crippen LogP contribution in [0.15, 0.2) is 35.4 Å². The average molecular weight is 515 g/mol. The smallest absolute Gasteiger partial charge is 0.350 e. The molecule has 4 rings (SSSR count).